The Morgan fingerprint density at radius 2 is 1.96 bits per heavy atom. The van der Waals surface area contributed by atoms with E-state index in [0.29, 0.717) is 37.5 Å². The monoisotopic (exact) mass is 318 g/mol. The van der Waals surface area contributed by atoms with E-state index in [2.05, 4.69) is 18.8 Å². The van der Waals surface area contributed by atoms with Crippen LogP contribution in [0.1, 0.15) is 50.5 Å². The molecule has 0 aliphatic carbocycles. The highest BCUT2D eigenvalue weighted by Crippen LogP contribution is 2.21. The van der Waals surface area contributed by atoms with E-state index in [0.717, 1.165) is 6.42 Å². The lowest BCUT2D eigenvalue weighted by molar-refractivity contribution is -0.155. The lowest BCUT2D eigenvalue weighted by atomic mass is 9.96. The van der Waals surface area contributed by atoms with E-state index >= 15 is 0 Å². The van der Waals surface area contributed by atoms with Crippen molar-refractivity contribution in [3.05, 3.63) is 30.1 Å². The van der Waals surface area contributed by atoms with Crippen molar-refractivity contribution >= 4 is 11.9 Å². The van der Waals surface area contributed by atoms with Crippen molar-refractivity contribution in [3.63, 3.8) is 0 Å². The van der Waals surface area contributed by atoms with E-state index in [4.69, 9.17) is 4.74 Å². The number of esters is 1. The van der Waals surface area contributed by atoms with Gasteiger partial charge in [0.15, 0.2) is 0 Å². The van der Waals surface area contributed by atoms with Gasteiger partial charge >= 0.3 is 5.97 Å². The van der Waals surface area contributed by atoms with E-state index in [-0.39, 0.29) is 23.9 Å². The molecule has 5 heteroatoms. The van der Waals surface area contributed by atoms with Crippen molar-refractivity contribution in [1.82, 2.24) is 9.88 Å². The fourth-order valence-electron chi connectivity index (χ4n) is 2.98. The number of carbonyl (C=O) groups excluding carboxylic acids is 2. The maximum Gasteiger partial charge on any atom is 0.309 e. The number of hydrogen-bond acceptors (Lipinski definition) is 4. The van der Waals surface area contributed by atoms with Gasteiger partial charge in [-0.3, -0.25) is 14.6 Å². The number of pyridine rings is 1. The lowest BCUT2D eigenvalue weighted by Gasteiger charge is -2.31. The summed E-state index contributed by atoms with van der Waals surface area (Å²) in [5, 5.41) is 0. The second-order valence-electron chi connectivity index (χ2n) is 6.66. The van der Waals surface area contributed by atoms with Gasteiger partial charge in [0.05, 0.1) is 12.0 Å². The quantitative estimate of drug-likeness (QED) is 0.783. The topological polar surface area (TPSA) is 59.5 Å². The Morgan fingerprint density at radius 3 is 2.52 bits per heavy atom. The Labute approximate surface area is 138 Å². The Bertz CT molecular complexity index is 522. The third kappa shape index (κ3) is 5.05. The smallest absolute Gasteiger partial charge is 0.309 e. The van der Waals surface area contributed by atoms with E-state index in [1.54, 1.807) is 29.3 Å². The second kappa shape index (κ2) is 8.09. The van der Waals surface area contributed by atoms with E-state index in [1.165, 1.54) is 0 Å². The van der Waals surface area contributed by atoms with Gasteiger partial charge < -0.3 is 9.64 Å². The molecule has 2 rings (SSSR count). The van der Waals surface area contributed by atoms with Gasteiger partial charge in [0.25, 0.3) is 5.91 Å². The summed E-state index contributed by atoms with van der Waals surface area (Å²) in [5.74, 6) is 0.224. The first-order chi connectivity index (χ1) is 11.0. The summed E-state index contributed by atoms with van der Waals surface area (Å²) in [5.41, 5.74) is 0.457. The minimum absolute atomic E-state index is 0.0457. The minimum Gasteiger partial charge on any atom is -0.462 e. The van der Waals surface area contributed by atoms with Gasteiger partial charge in [-0.2, -0.15) is 0 Å². The Hall–Kier alpha value is -1.91. The molecule has 0 unspecified atom stereocenters. The zero-order chi connectivity index (χ0) is 16.8. The molecule has 126 valence electrons. The van der Waals surface area contributed by atoms with Gasteiger partial charge in [0, 0.05) is 19.3 Å². The van der Waals surface area contributed by atoms with Crippen LogP contribution in [0.15, 0.2) is 24.4 Å². The summed E-state index contributed by atoms with van der Waals surface area (Å²) in [4.78, 5) is 30.4. The molecule has 23 heavy (non-hydrogen) atoms. The van der Waals surface area contributed by atoms with Gasteiger partial charge in [-0.25, -0.2) is 0 Å². The number of ether oxygens (including phenoxy) is 1. The van der Waals surface area contributed by atoms with E-state index in [9.17, 15) is 9.59 Å². The number of hydrogen-bond donors (Lipinski definition) is 0. The van der Waals surface area contributed by atoms with Crippen molar-refractivity contribution in [2.75, 3.05) is 13.1 Å². The van der Waals surface area contributed by atoms with Crippen molar-refractivity contribution in [3.8, 4) is 0 Å². The number of nitrogens with zero attached hydrogens (tertiary/aromatic N) is 2. The Morgan fingerprint density at radius 1 is 1.26 bits per heavy atom. The predicted molar refractivity (Wildman–Crippen MR) is 87.9 cm³/mol. The number of carbonyl (C=O) groups is 2. The average Bonchev–Trinajstić information content (AvgIpc) is 2.54. The van der Waals surface area contributed by atoms with E-state index in [1.807, 2.05) is 6.92 Å². The van der Waals surface area contributed by atoms with Crippen LogP contribution in [0.2, 0.25) is 0 Å². The first-order valence-electron chi connectivity index (χ1n) is 8.38. The normalized spacial score (nSPS) is 17.1. The van der Waals surface area contributed by atoms with Crippen LogP contribution in [0.25, 0.3) is 0 Å². The van der Waals surface area contributed by atoms with Crippen molar-refractivity contribution in [2.24, 2.45) is 11.8 Å². The SMILES string of the molecule is CC(C)C[C@H](C)OC(=O)C1CCN(C(=O)c2ccccn2)CC1. The molecule has 0 aromatic carbocycles. The highest BCUT2D eigenvalue weighted by molar-refractivity contribution is 5.92. The van der Waals surface area contributed by atoms with Crippen molar-refractivity contribution < 1.29 is 14.3 Å². The number of rotatable bonds is 5. The van der Waals surface area contributed by atoms with Crippen molar-refractivity contribution in [1.29, 1.82) is 0 Å². The molecule has 0 spiro atoms. The van der Waals surface area contributed by atoms with Gasteiger partial charge in [-0.15, -0.1) is 0 Å². The largest absolute Gasteiger partial charge is 0.462 e. The van der Waals surface area contributed by atoms with Crippen LogP contribution >= 0.6 is 0 Å². The Balaban J connectivity index is 1.81. The molecule has 1 fully saturated rings. The number of aromatic nitrogens is 1. The molecule has 1 aliphatic rings. The second-order valence-corrected chi connectivity index (χ2v) is 6.66. The van der Waals surface area contributed by atoms with Crippen molar-refractivity contribution in [2.45, 2.75) is 46.1 Å². The third-order valence-corrected chi connectivity index (χ3v) is 4.12. The fraction of sp³-hybridized carbons (Fsp3) is 0.611. The number of likely N-dealkylation sites (tertiary alicyclic amines) is 1. The van der Waals surface area contributed by atoms with Crippen LogP contribution in [0.3, 0.4) is 0 Å². The summed E-state index contributed by atoms with van der Waals surface area (Å²) in [7, 11) is 0. The van der Waals surface area contributed by atoms with Crippen LogP contribution in [-0.4, -0.2) is 41.0 Å². The van der Waals surface area contributed by atoms with Crippen LogP contribution in [-0.2, 0) is 9.53 Å². The zero-order valence-electron chi connectivity index (χ0n) is 14.2. The highest BCUT2D eigenvalue weighted by Gasteiger charge is 2.29. The molecule has 1 saturated heterocycles. The van der Waals surface area contributed by atoms with Crippen LogP contribution in [0.4, 0.5) is 0 Å². The first kappa shape index (κ1) is 17.4. The van der Waals surface area contributed by atoms with Gasteiger partial charge in [0.1, 0.15) is 5.69 Å². The van der Waals surface area contributed by atoms with Gasteiger partial charge in [-0.05, 0) is 44.2 Å². The van der Waals surface area contributed by atoms with E-state index < -0.39 is 0 Å². The molecular weight excluding hydrogens is 292 g/mol. The summed E-state index contributed by atoms with van der Waals surface area (Å²) in [6, 6.07) is 5.31. The maximum atomic E-state index is 12.3. The average molecular weight is 318 g/mol. The fourth-order valence-corrected chi connectivity index (χ4v) is 2.98. The lowest BCUT2D eigenvalue weighted by Crippen LogP contribution is -2.41. The van der Waals surface area contributed by atoms with Gasteiger partial charge in [-0.1, -0.05) is 19.9 Å². The zero-order valence-corrected chi connectivity index (χ0v) is 14.2. The number of amides is 1. The summed E-state index contributed by atoms with van der Waals surface area (Å²) in [6.45, 7) is 7.33. The van der Waals surface area contributed by atoms with Gasteiger partial charge in [0.2, 0.25) is 0 Å². The minimum atomic E-state index is -0.122. The number of piperidine rings is 1. The maximum absolute atomic E-state index is 12.3. The summed E-state index contributed by atoms with van der Waals surface area (Å²) in [6.07, 6.45) is 3.77. The molecule has 1 aromatic heterocycles. The molecule has 1 atom stereocenters. The molecule has 2 heterocycles. The van der Waals surface area contributed by atoms with Crippen LogP contribution in [0, 0.1) is 11.8 Å². The molecule has 0 saturated carbocycles. The molecule has 5 nitrogen and oxygen atoms in total. The molecule has 0 radical (unpaired) electrons. The summed E-state index contributed by atoms with van der Waals surface area (Å²) < 4.78 is 5.53. The first-order valence-corrected chi connectivity index (χ1v) is 8.38. The molecule has 1 aromatic rings. The molecule has 1 amide bonds. The third-order valence-electron chi connectivity index (χ3n) is 4.12. The molecular formula is C18H26N2O3. The molecule has 0 bridgehead atoms. The Kier molecular flexibility index (Phi) is 6.13. The standard InChI is InChI=1S/C18H26N2O3/c1-13(2)12-14(3)23-18(22)15-7-10-20(11-8-15)17(21)16-6-4-5-9-19-16/h4-6,9,13-15H,7-8,10-12H2,1-3H3/t14-/m0/s1. The van der Waals surface area contributed by atoms with Crippen LogP contribution < -0.4 is 0 Å². The molecule has 0 N–H and O–H groups in total. The summed E-state index contributed by atoms with van der Waals surface area (Å²) >= 11 is 0. The molecule has 1 aliphatic heterocycles. The predicted octanol–water partition coefficient (Wildman–Crippen LogP) is 2.91. The van der Waals surface area contributed by atoms with Crippen LogP contribution in [0.5, 0.6) is 0 Å². The highest BCUT2D eigenvalue weighted by atomic mass is 16.5.